The molecule has 3 nitrogen and oxygen atoms in total. The van der Waals surface area contributed by atoms with Crippen LogP contribution < -0.4 is 5.32 Å². The second kappa shape index (κ2) is 3.46. The number of carbonyl (C=O) groups excluding carboxylic acids is 1. The molecule has 0 bridgehead atoms. The van der Waals surface area contributed by atoms with Gasteiger partial charge in [-0.25, -0.2) is 4.99 Å². The summed E-state index contributed by atoms with van der Waals surface area (Å²) in [5, 5.41) is 2.63. The van der Waals surface area contributed by atoms with E-state index in [1.807, 2.05) is 30.3 Å². The van der Waals surface area contributed by atoms with Gasteiger partial charge in [-0.2, -0.15) is 0 Å². The Kier molecular flexibility index (Phi) is 2.14. The summed E-state index contributed by atoms with van der Waals surface area (Å²) in [6, 6.07) is 9.66. The molecule has 0 fully saturated rings. The Labute approximate surface area is 82.2 Å². The molecule has 0 unspecified atom stereocenters. The van der Waals surface area contributed by atoms with Crippen molar-refractivity contribution in [2.24, 2.45) is 4.99 Å². The lowest BCUT2D eigenvalue weighted by Crippen LogP contribution is -2.21. The van der Waals surface area contributed by atoms with Gasteiger partial charge in [0, 0.05) is 0 Å². The highest BCUT2D eigenvalue weighted by Crippen LogP contribution is 2.11. The molecule has 1 N–H and O–H groups in total. The fourth-order valence-corrected chi connectivity index (χ4v) is 1.29. The van der Waals surface area contributed by atoms with Gasteiger partial charge in [-0.15, -0.1) is 0 Å². The topological polar surface area (TPSA) is 41.5 Å². The van der Waals surface area contributed by atoms with Crippen LogP contribution in [-0.4, -0.2) is 11.7 Å². The summed E-state index contributed by atoms with van der Waals surface area (Å²) in [6.45, 7) is 1.77. The van der Waals surface area contributed by atoms with E-state index in [0.29, 0.717) is 11.5 Å². The first-order valence-electron chi connectivity index (χ1n) is 4.39. The van der Waals surface area contributed by atoms with E-state index in [0.717, 1.165) is 5.56 Å². The third kappa shape index (κ3) is 1.71. The summed E-state index contributed by atoms with van der Waals surface area (Å²) < 4.78 is 0. The van der Waals surface area contributed by atoms with Gasteiger partial charge >= 0.3 is 0 Å². The van der Waals surface area contributed by atoms with Crippen LogP contribution in [-0.2, 0) is 4.79 Å². The number of nitrogens with zero attached hydrogens (tertiary/aromatic N) is 1. The van der Waals surface area contributed by atoms with Gasteiger partial charge in [-0.3, -0.25) is 4.79 Å². The van der Waals surface area contributed by atoms with Crippen molar-refractivity contribution in [3.63, 3.8) is 0 Å². The number of amidine groups is 1. The first kappa shape index (κ1) is 8.69. The molecule has 14 heavy (non-hydrogen) atoms. The van der Waals surface area contributed by atoms with Gasteiger partial charge in [0.05, 0.1) is 0 Å². The molecule has 1 heterocycles. The third-order valence-electron chi connectivity index (χ3n) is 1.92. The van der Waals surface area contributed by atoms with E-state index in [-0.39, 0.29) is 5.91 Å². The lowest BCUT2D eigenvalue weighted by atomic mass is 10.2. The third-order valence-corrected chi connectivity index (χ3v) is 1.92. The zero-order valence-corrected chi connectivity index (χ0v) is 7.82. The molecular weight excluding hydrogens is 176 g/mol. The largest absolute Gasteiger partial charge is 0.309 e. The number of nitrogens with one attached hydrogen (secondary N) is 1. The SMILES string of the molecule is CC1=N/C(=C/c2ccccc2)C(=O)N1. The quantitative estimate of drug-likeness (QED) is 0.664. The molecule has 70 valence electrons. The molecule has 1 aromatic rings. The summed E-state index contributed by atoms with van der Waals surface area (Å²) in [7, 11) is 0. The van der Waals surface area contributed by atoms with E-state index in [2.05, 4.69) is 10.3 Å². The minimum Gasteiger partial charge on any atom is -0.309 e. The van der Waals surface area contributed by atoms with E-state index in [1.54, 1.807) is 13.0 Å². The van der Waals surface area contributed by atoms with Crippen LogP contribution in [0.3, 0.4) is 0 Å². The molecule has 1 aliphatic heterocycles. The number of rotatable bonds is 1. The highest BCUT2D eigenvalue weighted by Gasteiger charge is 2.15. The maximum atomic E-state index is 11.3. The minimum atomic E-state index is -0.133. The average molecular weight is 186 g/mol. The summed E-state index contributed by atoms with van der Waals surface area (Å²) in [6.07, 6.45) is 1.77. The maximum Gasteiger partial charge on any atom is 0.275 e. The molecule has 0 atom stereocenters. The first-order valence-corrected chi connectivity index (χ1v) is 4.39. The summed E-state index contributed by atoms with van der Waals surface area (Å²) in [5.74, 6) is 0.517. The van der Waals surface area contributed by atoms with Crippen LogP contribution in [0, 0.1) is 0 Å². The Hall–Kier alpha value is -1.90. The zero-order valence-electron chi connectivity index (χ0n) is 7.82. The van der Waals surface area contributed by atoms with Crippen molar-refractivity contribution in [1.82, 2.24) is 5.32 Å². The molecule has 3 heteroatoms. The molecule has 0 spiro atoms. The second-order valence-electron chi connectivity index (χ2n) is 3.09. The van der Waals surface area contributed by atoms with Crippen LogP contribution in [0.5, 0.6) is 0 Å². The normalized spacial score (nSPS) is 18.2. The molecule has 0 aliphatic carbocycles. The molecule has 1 aromatic carbocycles. The number of benzene rings is 1. The smallest absolute Gasteiger partial charge is 0.275 e. The number of amides is 1. The standard InChI is InChI=1S/C11H10N2O/c1-8-12-10(11(14)13-8)7-9-5-3-2-4-6-9/h2-7H,1H3,(H,12,13,14)/b10-7+. The van der Waals surface area contributed by atoms with Gasteiger partial charge in [0.2, 0.25) is 0 Å². The highest BCUT2D eigenvalue weighted by atomic mass is 16.2. The molecule has 0 saturated heterocycles. The van der Waals surface area contributed by atoms with Crippen LogP contribution in [0.15, 0.2) is 41.0 Å². The first-order chi connectivity index (χ1) is 6.75. The van der Waals surface area contributed by atoms with E-state index in [4.69, 9.17) is 0 Å². The maximum absolute atomic E-state index is 11.3. The molecule has 2 rings (SSSR count). The molecule has 1 amide bonds. The number of aliphatic imine (C=N–C) groups is 1. The van der Waals surface area contributed by atoms with Crippen molar-refractivity contribution in [3.8, 4) is 0 Å². The summed E-state index contributed by atoms with van der Waals surface area (Å²) in [5.41, 5.74) is 1.45. The Bertz CT molecular complexity index is 418. The second-order valence-corrected chi connectivity index (χ2v) is 3.09. The number of carbonyl (C=O) groups is 1. The van der Waals surface area contributed by atoms with Gasteiger partial charge in [-0.1, -0.05) is 30.3 Å². The Balaban J connectivity index is 2.32. The summed E-state index contributed by atoms with van der Waals surface area (Å²) >= 11 is 0. The van der Waals surface area contributed by atoms with Crippen molar-refractivity contribution in [1.29, 1.82) is 0 Å². The van der Waals surface area contributed by atoms with E-state index < -0.39 is 0 Å². The molecule has 0 aromatic heterocycles. The van der Waals surface area contributed by atoms with Crippen molar-refractivity contribution in [2.45, 2.75) is 6.92 Å². The van der Waals surface area contributed by atoms with Crippen molar-refractivity contribution < 1.29 is 4.79 Å². The van der Waals surface area contributed by atoms with Crippen LogP contribution in [0.4, 0.5) is 0 Å². The predicted octanol–water partition coefficient (Wildman–Crippen LogP) is 1.58. The number of hydrogen-bond acceptors (Lipinski definition) is 2. The molecular formula is C11H10N2O. The van der Waals surface area contributed by atoms with Gasteiger partial charge in [0.1, 0.15) is 11.5 Å². The van der Waals surface area contributed by atoms with Crippen molar-refractivity contribution in [3.05, 3.63) is 41.6 Å². The summed E-state index contributed by atoms with van der Waals surface area (Å²) in [4.78, 5) is 15.4. The molecule has 1 aliphatic rings. The Morgan fingerprint density at radius 2 is 2.00 bits per heavy atom. The van der Waals surface area contributed by atoms with Crippen LogP contribution in [0.25, 0.3) is 6.08 Å². The van der Waals surface area contributed by atoms with Crippen LogP contribution in [0.2, 0.25) is 0 Å². The van der Waals surface area contributed by atoms with Gasteiger partial charge in [0.15, 0.2) is 0 Å². The predicted molar refractivity (Wildman–Crippen MR) is 55.7 cm³/mol. The van der Waals surface area contributed by atoms with Crippen LogP contribution in [0.1, 0.15) is 12.5 Å². The Morgan fingerprint density at radius 3 is 2.57 bits per heavy atom. The van der Waals surface area contributed by atoms with Gasteiger partial charge < -0.3 is 5.32 Å². The van der Waals surface area contributed by atoms with E-state index in [9.17, 15) is 4.79 Å². The monoisotopic (exact) mass is 186 g/mol. The van der Waals surface area contributed by atoms with Gasteiger partial charge in [0.25, 0.3) is 5.91 Å². The van der Waals surface area contributed by atoms with Crippen molar-refractivity contribution >= 4 is 17.8 Å². The highest BCUT2D eigenvalue weighted by molar-refractivity contribution is 6.13. The Morgan fingerprint density at radius 1 is 1.29 bits per heavy atom. The fourth-order valence-electron chi connectivity index (χ4n) is 1.29. The minimum absolute atomic E-state index is 0.133. The van der Waals surface area contributed by atoms with E-state index >= 15 is 0 Å². The fraction of sp³-hybridized carbons (Fsp3) is 0.0909. The zero-order chi connectivity index (χ0) is 9.97. The lowest BCUT2D eigenvalue weighted by Gasteiger charge is -1.92. The molecule has 0 radical (unpaired) electrons. The molecule has 0 saturated carbocycles. The lowest BCUT2D eigenvalue weighted by molar-refractivity contribution is -0.115. The van der Waals surface area contributed by atoms with Gasteiger partial charge in [-0.05, 0) is 18.6 Å². The van der Waals surface area contributed by atoms with Crippen molar-refractivity contribution in [2.75, 3.05) is 0 Å². The number of hydrogen-bond donors (Lipinski definition) is 1. The average Bonchev–Trinajstić information content (AvgIpc) is 2.47. The van der Waals surface area contributed by atoms with E-state index in [1.165, 1.54) is 0 Å². The van der Waals surface area contributed by atoms with Crippen LogP contribution >= 0.6 is 0 Å².